The highest BCUT2D eigenvalue weighted by Crippen LogP contribution is 2.39. The Bertz CT molecular complexity index is 596. The number of nitrogens with zero attached hydrogens (tertiary/aromatic N) is 1. The van der Waals surface area contributed by atoms with Crippen molar-refractivity contribution in [1.82, 2.24) is 0 Å². The van der Waals surface area contributed by atoms with Gasteiger partial charge in [-0.05, 0) is 55.7 Å². The molecule has 2 aliphatic rings. The average Bonchev–Trinajstić information content (AvgIpc) is 2.67. The largest absolute Gasteiger partial charge is 0.352 e. The van der Waals surface area contributed by atoms with Crippen LogP contribution in [0.4, 0.5) is 4.39 Å². The van der Waals surface area contributed by atoms with Crippen molar-refractivity contribution >= 4 is 0 Å². The molecule has 1 aliphatic heterocycles. The van der Waals surface area contributed by atoms with E-state index in [1.165, 1.54) is 25.3 Å². The second-order valence-corrected chi connectivity index (χ2v) is 7.51. The van der Waals surface area contributed by atoms with E-state index in [1.807, 2.05) is 12.1 Å². The SMILES string of the molecule is CCCCC1COC(C2CCC(c3ccc(C#N)c(F)c3)CC2)OC1. The maximum absolute atomic E-state index is 13.8. The van der Waals surface area contributed by atoms with Gasteiger partial charge >= 0.3 is 0 Å². The molecular weight excluding hydrogens is 317 g/mol. The summed E-state index contributed by atoms with van der Waals surface area (Å²) in [6.45, 7) is 3.86. The van der Waals surface area contributed by atoms with Crippen LogP contribution in [0.3, 0.4) is 0 Å². The van der Waals surface area contributed by atoms with Crippen LogP contribution >= 0.6 is 0 Å². The quantitative estimate of drug-likeness (QED) is 0.741. The van der Waals surface area contributed by atoms with Gasteiger partial charge in [0.1, 0.15) is 11.9 Å². The fourth-order valence-corrected chi connectivity index (χ4v) is 4.09. The fraction of sp³-hybridized carbons (Fsp3) is 0.667. The topological polar surface area (TPSA) is 42.2 Å². The Labute approximate surface area is 150 Å². The minimum Gasteiger partial charge on any atom is -0.352 e. The molecule has 0 spiro atoms. The van der Waals surface area contributed by atoms with E-state index in [9.17, 15) is 4.39 Å². The van der Waals surface area contributed by atoms with Gasteiger partial charge in [0, 0.05) is 11.8 Å². The molecule has 0 bridgehead atoms. The van der Waals surface area contributed by atoms with Crippen LogP contribution < -0.4 is 0 Å². The van der Waals surface area contributed by atoms with Crippen LogP contribution in [0.15, 0.2) is 18.2 Å². The number of hydrogen-bond acceptors (Lipinski definition) is 3. The van der Waals surface area contributed by atoms with E-state index < -0.39 is 5.82 Å². The van der Waals surface area contributed by atoms with Crippen molar-refractivity contribution in [2.45, 2.75) is 64.1 Å². The molecule has 25 heavy (non-hydrogen) atoms. The molecule has 1 heterocycles. The van der Waals surface area contributed by atoms with Crippen LogP contribution in [0.2, 0.25) is 0 Å². The van der Waals surface area contributed by atoms with Crippen LogP contribution in [-0.2, 0) is 9.47 Å². The van der Waals surface area contributed by atoms with Gasteiger partial charge in [0.2, 0.25) is 0 Å². The van der Waals surface area contributed by atoms with Gasteiger partial charge in [-0.1, -0.05) is 25.8 Å². The molecule has 1 aromatic carbocycles. The lowest BCUT2D eigenvalue weighted by atomic mass is 9.78. The summed E-state index contributed by atoms with van der Waals surface area (Å²) in [5.74, 6) is 0.972. The van der Waals surface area contributed by atoms with Crippen molar-refractivity contribution < 1.29 is 13.9 Å². The molecule has 3 rings (SSSR count). The third kappa shape index (κ3) is 4.59. The molecule has 0 amide bonds. The molecule has 2 fully saturated rings. The highest BCUT2D eigenvalue weighted by atomic mass is 19.1. The average molecular weight is 345 g/mol. The van der Waals surface area contributed by atoms with Crippen molar-refractivity contribution in [2.75, 3.05) is 13.2 Å². The third-order valence-corrected chi connectivity index (χ3v) is 5.70. The molecular formula is C21H28FNO2. The Hall–Kier alpha value is -1.44. The Morgan fingerprint density at radius 1 is 1.16 bits per heavy atom. The van der Waals surface area contributed by atoms with Crippen molar-refractivity contribution in [3.8, 4) is 6.07 Å². The van der Waals surface area contributed by atoms with Crippen molar-refractivity contribution in [2.24, 2.45) is 11.8 Å². The normalized spacial score (nSPS) is 30.0. The van der Waals surface area contributed by atoms with Crippen molar-refractivity contribution in [3.63, 3.8) is 0 Å². The van der Waals surface area contributed by atoms with E-state index in [1.54, 1.807) is 6.07 Å². The number of ether oxygens (including phenoxy) is 2. The molecule has 0 aromatic heterocycles. The summed E-state index contributed by atoms with van der Waals surface area (Å²) in [4.78, 5) is 0. The molecule has 0 atom stereocenters. The molecule has 0 radical (unpaired) electrons. The van der Waals surface area contributed by atoms with Gasteiger partial charge in [0.15, 0.2) is 6.29 Å². The Kier molecular flexibility index (Phi) is 6.45. The lowest BCUT2D eigenvalue weighted by Crippen LogP contribution is -2.38. The fourth-order valence-electron chi connectivity index (χ4n) is 4.09. The summed E-state index contributed by atoms with van der Waals surface area (Å²) in [6, 6.07) is 6.92. The monoisotopic (exact) mass is 345 g/mol. The molecule has 1 aromatic rings. The molecule has 1 saturated carbocycles. The number of hydrogen-bond donors (Lipinski definition) is 0. The second-order valence-electron chi connectivity index (χ2n) is 7.51. The first kappa shape index (κ1) is 18.4. The number of nitriles is 1. The van der Waals surface area contributed by atoms with E-state index in [0.29, 0.717) is 17.8 Å². The van der Waals surface area contributed by atoms with E-state index >= 15 is 0 Å². The lowest BCUT2D eigenvalue weighted by molar-refractivity contribution is -0.229. The number of rotatable bonds is 5. The van der Waals surface area contributed by atoms with Crippen molar-refractivity contribution in [1.29, 1.82) is 5.26 Å². The van der Waals surface area contributed by atoms with Gasteiger partial charge in [-0.15, -0.1) is 0 Å². The summed E-state index contributed by atoms with van der Waals surface area (Å²) in [5.41, 5.74) is 1.14. The van der Waals surface area contributed by atoms with Gasteiger partial charge in [0.05, 0.1) is 18.8 Å². The van der Waals surface area contributed by atoms with Gasteiger partial charge in [0.25, 0.3) is 0 Å². The maximum atomic E-state index is 13.8. The molecule has 0 N–H and O–H groups in total. The molecule has 4 heteroatoms. The second kappa shape index (κ2) is 8.78. The van der Waals surface area contributed by atoms with E-state index in [0.717, 1.165) is 44.5 Å². The Morgan fingerprint density at radius 2 is 1.88 bits per heavy atom. The van der Waals surface area contributed by atoms with Crippen LogP contribution in [0, 0.1) is 29.0 Å². The lowest BCUT2D eigenvalue weighted by Gasteiger charge is -2.37. The molecule has 3 nitrogen and oxygen atoms in total. The predicted octanol–water partition coefficient (Wildman–Crippen LogP) is 5.15. The summed E-state index contributed by atoms with van der Waals surface area (Å²) >= 11 is 0. The highest BCUT2D eigenvalue weighted by Gasteiger charge is 2.32. The first-order valence-electron chi connectivity index (χ1n) is 9.64. The van der Waals surface area contributed by atoms with Crippen LogP contribution in [-0.4, -0.2) is 19.5 Å². The molecule has 1 aliphatic carbocycles. The van der Waals surface area contributed by atoms with E-state index in [4.69, 9.17) is 14.7 Å². The van der Waals surface area contributed by atoms with Gasteiger partial charge in [-0.2, -0.15) is 5.26 Å². The molecule has 0 unspecified atom stereocenters. The van der Waals surface area contributed by atoms with Crippen LogP contribution in [0.25, 0.3) is 0 Å². The predicted molar refractivity (Wildman–Crippen MR) is 94.5 cm³/mol. The molecule has 136 valence electrons. The van der Waals surface area contributed by atoms with Crippen LogP contribution in [0.5, 0.6) is 0 Å². The first-order chi connectivity index (χ1) is 12.2. The molecule has 1 saturated heterocycles. The summed E-state index contributed by atoms with van der Waals surface area (Å²) in [7, 11) is 0. The number of unbranched alkanes of at least 4 members (excludes halogenated alkanes) is 1. The maximum Gasteiger partial charge on any atom is 0.160 e. The Balaban J connectivity index is 1.48. The highest BCUT2D eigenvalue weighted by molar-refractivity contribution is 5.34. The van der Waals surface area contributed by atoms with Gasteiger partial charge < -0.3 is 9.47 Å². The van der Waals surface area contributed by atoms with Gasteiger partial charge in [-0.25, -0.2) is 4.39 Å². The summed E-state index contributed by atoms with van der Waals surface area (Å²) < 4.78 is 25.8. The first-order valence-corrected chi connectivity index (χ1v) is 9.64. The minimum atomic E-state index is -0.404. The van der Waals surface area contributed by atoms with Gasteiger partial charge in [-0.3, -0.25) is 0 Å². The smallest absolute Gasteiger partial charge is 0.160 e. The van der Waals surface area contributed by atoms with E-state index in [-0.39, 0.29) is 11.9 Å². The third-order valence-electron chi connectivity index (χ3n) is 5.70. The van der Waals surface area contributed by atoms with E-state index in [2.05, 4.69) is 6.92 Å². The van der Waals surface area contributed by atoms with Crippen LogP contribution in [0.1, 0.15) is 68.9 Å². The number of halogens is 1. The minimum absolute atomic E-state index is 0.0588. The standard InChI is InChI=1S/C21H28FNO2/c1-2-3-4-15-13-24-21(25-14-15)17-7-5-16(6-8-17)18-9-10-19(12-23)20(22)11-18/h9-11,15-17,21H,2-8,13-14H2,1H3. The summed E-state index contributed by atoms with van der Waals surface area (Å²) in [6.07, 6.45) is 7.76. The Morgan fingerprint density at radius 3 is 2.48 bits per heavy atom. The zero-order valence-corrected chi connectivity index (χ0v) is 15.0. The zero-order valence-electron chi connectivity index (χ0n) is 15.0. The number of benzene rings is 1. The zero-order chi connectivity index (χ0) is 17.6. The van der Waals surface area contributed by atoms with Crippen molar-refractivity contribution in [3.05, 3.63) is 35.1 Å². The summed E-state index contributed by atoms with van der Waals surface area (Å²) in [5, 5.41) is 8.85.